The highest BCUT2D eigenvalue weighted by molar-refractivity contribution is 5.98. The number of likely N-dealkylation sites (tertiary alicyclic amines) is 1. The van der Waals surface area contributed by atoms with Gasteiger partial charge in [-0.2, -0.15) is 13.2 Å². The molecular weight excluding hydrogens is 467 g/mol. The summed E-state index contributed by atoms with van der Waals surface area (Å²) in [6, 6.07) is 10.6. The van der Waals surface area contributed by atoms with Crippen LogP contribution in [-0.4, -0.2) is 44.6 Å². The third kappa shape index (κ3) is 4.60. The Hall–Kier alpha value is -3.82. The number of alkyl halides is 3. The number of carbonyl (C=O) groups is 1. The van der Waals surface area contributed by atoms with E-state index in [9.17, 15) is 26.7 Å². The Morgan fingerprint density at radius 2 is 1.91 bits per heavy atom. The first-order valence-electron chi connectivity index (χ1n) is 10.9. The molecule has 2 aromatic heterocycles. The number of imidazole rings is 1. The van der Waals surface area contributed by atoms with Crippen LogP contribution in [0.25, 0.3) is 22.4 Å². The van der Waals surface area contributed by atoms with Crippen LogP contribution >= 0.6 is 0 Å². The molecule has 0 spiro atoms. The number of pyridine rings is 1. The second kappa shape index (κ2) is 8.75. The molecule has 0 saturated carbocycles. The third-order valence-corrected chi connectivity index (χ3v) is 6.14. The first-order valence-corrected chi connectivity index (χ1v) is 10.9. The summed E-state index contributed by atoms with van der Waals surface area (Å²) >= 11 is 0. The van der Waals surface area contributed by atoms with Crippen molar-refractivity contribution in [2.24, 2.45) is 0 Å². The number of fused-ring (bicyclic) bond motifs is 1. The number of aromatic nitrogens is 3. The molecule has 5 nitrogen and oxygen atoms in total. The summed E-state index contributed by atoms with van der Waals surface area (Å²) in [5.41, 5.74) is 1.25. The van der Waals surface area contributed by atoms with Gasteiger partial charge in [-0.1, -0.05) is 6.07 Å². The Balaban J connectivity index is 1.49. The molecule has 2 aromatic carbocycles. The number of amides is 1. The van der Waals surface area contributed by atoms with Crippen molar-refractivity contribution in [1.82, 2.24) is 19.4 Å². The summed E-state index contributed by atoms with van der Waals surface area (Å²) in [7, 11) is 0. The van der Waals surface area contributed by atoms with Crippen LogP contribution in [0.2, 0.25) is 0 Å². The maximum atomic E-state index is 14.4. The Kier molecular flexibility index (Phi) is 5.74. The molecule has 180 valence electrons. The van der Waals surface area contributed by atoms with Crippen molar-refractivity contribution >= 4 is 16.9 Å². The second-order valence-corrected chi connectivity index (χ2v) is 8.49. The minimum atomic E-state index is -4.61. The first-order chi connectivity index (χ1) is 16.7. The Morgan fingerprint density at radius 1 is 1.09 bits per heavy atom. The zero-order chi connectivity index (χ0) is 24.7. The Morgan fingerprint density at radius 3 is 2.63 bits per heavy atom. The molecule has 1 atom stereocenters. The minimum Gasteiger partial charge on any atom is -0.338 e. The summed E-state index contributed by atoms with van der Waals surface area (Å²) < 4.78 is 68.6. The van der Waals surface area contributed by atoms with Gasteiger partial charge in [0, 0.05) is 43.0 Å². The minimum absolute atomic E-state index is 0.0901. The van der Waals surface area contributed by atoms with Crippen LogP contribution in [0.5, 0.6) is 0 Å². The van der Waals surface area contributed by atoms with Crippen LogP contribution in [0.3, 0.4) is 0 Å². The quantitative estimate of drug-likeness (QED) is 0.355. The van der Waals surface area contributed by atoms with Gasteiger partial charge in [0.05, 0.1) is 16.6 Å². The number of carbonyl (C=O) groups excluding carboxylic acids is 1. The standard InChI is InChI=1S/C25H19F5N4O/c26-18-4-5-19(20(27)11-18)23-32-21-10-15(3-6-22(21)34(23)14-25(28,29)30)24(35)33-9-7-17(13-33)16-2-1-8-31-12-16/h1-6,8,10-12,17H,7,9,13-14H2. The fraction of sp³-hybridized carbons (Fsp3) is 0.240. The molecule has 0 N–H and O–H groups in total. The topological polar surface area (TPSA) is 51.0 Å². The van der Waals surface area contributed by atoms with Gasteiger partial charge in [-0.15, -0.1) is 0 Å². The van der Waals surface area contributed by atoms with Crippen molar-refractivity contribution in [2.45, 2.75) is 25.1 Å². The van der Waals surface area contributed by atoms with E-state index < -0.39 is 24.4 Å². The molecule has 3 heterocycles. The van der Waals surface area contributed by atoms with Gasteiger partial charge in [0.25, 0.3) is 5.91 Å². The maximum absolute atomic E-state index is 14.4. The number of nitrogens with zero attached hydrogens (tertiary/aromatic N) is 4. The molecular formula is C25H19F5N4O. The van der Waals surface area contributed by atoms with Gasteiger partial charge >= 0.3 is 6.18 Å². The summed E-state index contributed by atoms with van der Waals surface area (Å²) in [6.45, 7) is -0.385. The summed E-state index contributed by atoms with van der Waals surface area (Å²) in [5.74, 6) is -2.29. The van der Waals surface area contributed by atoms with Crippen molar-refractivity contribution in [1.29, 1.82) is 0 Å². The highest BCUT2D eigenvalue weighted by Crippen LogP contribution is 2.32. The van der Waals surface area contributed by atoms with Gasteiger partial charge in [0.2, 0.25) is 0 Å². The molecule has 1 aliphatic heterocycles. The van der Waals surface area contributed by atoms with Gasteiger partial charge in [-0.3, -0.25) is 9.78 Å². The molecule has 1 fully saturated rings. The van der Waals surface area contributed by atoms with E-state index in [4.69, 9.17) is 0 Å². The molecule has 0 bridgehead atoms. The van der Waals surface area contributed by atoms with E-state index in [0.29, 0.717) is 19.2 Å². The molecule has 1 aliphatic rings. The average Bonchev–Trinajstić information content (AvgIpc) is 3.44. The second-order valence-electron chi connectivity index (χ2n) is 8.49. The van der Waals surface area contributed by atoms with Gasteiger partial charge in [0.1, 0.15) is 24.0 Å². The van der Waals surface area contributed by atoms with E-state index in [2.05, 4.69) is 9.97 Å². The number of benzene rings is 2. The van der Waals surface area contributed by atoms with Gasteiger partial charge in [-0.05, 0) is 48.4 Å². The highest BCUT2D eigenvalue weighted by Gasteiger charge is 2.32. The molecule has 5 rings (SSSR count). The monoisotopic (exact) mass is 486 g/mol. The van der Waals surface area contributed by atoms with E-state index in [0.717, 1.165) is 28.7 Å². The molecule has 0 aliphatic carbocycles. The van der Waals surface area contributed by atoms with Crippen LogP contribution in [-0.2, 0) is 6.54 Å². The normalized spacial score (nSPS) is 16.3. The van der Waals surface area contributed by atoms with Gasteiger partial charge in [-0.25, -0.2) is 13.8 Å². The lowest BCUT2D eigenvalue weighted by Crippen LogP contribution is -2.28. The fourth-order valence-corrected chi connectivity index (χ4v) is 4.50. The third-order valence-electron chi connectivity index (χ3n) is 6.14. The van der Waals surface area contributed by atoms with Crippen molar-refractivity contribution in [3.63, 3.8) is 0 Å². The van der Waals surface area contributed by atoms with Crippen LogP contribution in [0, 0.1) is 11.6 Å². The predicted molar refractivity (Wildman–Crippen MR) is 119 cm³/mol. The largest absolute Gasteiger partial charge is 0.406 e. The van der Waals surface area contributed by atoms with Gasteiger partial charge < -0.3 is 9.47 Å². The SMILES string of the molecule is O=C(c1ccc2c(c1)nc(-c1ccc(F)cc1F)n2CC(F)(F)F)N1CCC(c2cccnc2)C1. The van der Waals surface area contributed by atoms with Crippen molar-refractivity contribution < 1.29 is 26.7 Å². The zero-order valence-electron chi connectivity index (χ0n) is 18.3. The van der Waals surface area contributed by atoms with E-state index in [1.165, 1.54) is 18.2 Å². The van der Waals surface area contributed by atoms with E-state index >= 15 is 0 Å². The smallest absolute Gasteiger partial charge is 0.338 e. The number of halogens is 5. The summed E-state index contributed by atoms with van der Waals surface area (Å²) in [6.07, 6.45) is -0.382. The number of hydrogen-bond donors (Lipinski definition) is 0. The zero-order valence-corrected chi connectivity index (χ0v) is 18.3. The maximum Gasteiger partial charge on any atom is 0.406 e. The van der Waals surface area contributed by atoms with Crippen molar-refractivity contribution in [3.05, 3.63) is 83.7 Å². The fourth-order valence-electron chi connectivity index (χ4n) is 4.50. The average molecular weight is 486 g/mol. The van der Waals surface area contributed by atoms with Crippen LogP contribution in [0.15, 0.2) is 60.9 Å². The van der Waals surface area contributed by atoms with Crippen LogP contribution in [0.4, 0.5) is 22.0 Å². The van der Waals surface area contributed by atoms with Gasteiger partial charge in [0.15, 0.2) is 0 Å². The van der Waals surface area contributed by atoms with Crippen LogP contribution < -0.4 is 0 Å². The first kappa shape index (κ1) is 22.9. The lowest BCUT2D eigenvalue weighted by atomic mass is 10.0. The number of rotatable bonds is 4. The van der Waals surface area contributed by atoms with Crippen LogP contribution in [0.1, 0.15) is 28.3 Å². The molecule has 1 amide bonds. The Labute approximate surface area is 196 Å². The number of hydrogen-bond acceptors (Lipinski definition) is 3. The van der Waals surface area contributed by atoms with E-state index in [1.807, 2.05) is 12.1 Å². The Bertz CT molecular complexity index is 1400. The molecule has 1 unspecified atom stereocenters. The molecule has 1 saturated heterocycles. The van der Waals surface area contributed by atoms with E-state index in [-0.39, 0.29) is 39.8 Å². The molecule has 35 heavy (non-hydrogen) atoms. The predicted octanol–water partition coefficient (Wildman–Crippen LogP) is 5.57. The molecule has 0 radical (unpaired) electrons. The lowest BCUT2D eigenvalue weighted by Gasteiger charge is -2.17. The lowest BCUT2D eigenvalue weighted by molar-refractivity contribution is -0.139. The highest BCUT2D eigenvalue weighted by atomic mass is 19.4. The van der Waals surface area contributed by atoms with E-state index in [1.54, 1.807) is 17.3 Å². The summed E-state index contributed by atoms with van der Waals surface area (Å²) in [4.78, 5) is 23.2. The summed E-state index contributed by atoms with van der Waals surface area (Å²) in [5, 5.41) is 0. The molecule has 4 aromatic rings. The van der Waals surface area contributed by atoms with Crippen molar-refractivity contribution in [3.8, 4) is 11.4 Å². The van der Waals surface area contributed by atoms with Crippen molar-refractivity contribution in [2.75, 3.05) is 13.1 Å². The molecule has 10 heteroatoms.